The van der Waals surface area contributed by atoms with E-state index in [1.54, 1.807) is 48.2 Å². The van der Waals surface area contributed by atoms with E-state index in [0.29, 0.717) is 41.4 Å². The zero-order valence-corrected chi connectivity index (χ0v) is 22.9. The van der Waals surface area contributed by atoms with Crippen LogP contribution in [0.4, 0.5) is 5.69 Å². The lowest BCUT2D eigenvalue weighted by Gasteiger charge is -2.32. The Balaban J connectivity index is 1.56. The van der Waals surface area contributed by atoms with E-state index in [2.05, 4.69) is 15.6 Å². The number of amides is 2. The lowest BCUT2D eigenvalue weighted by Crippen LogP contribution is -2.45. The third-order valence-corrected chi connectivity index (χ3v) is 6.63. The van der Waals surface area contributed by atoms with Crippen molar-refractivity contribution in [1.29, 1.82) is 0 Å². The first kappa shape index (κ1) is 27.4. The molecular weight excluding hydrogens is 518 g/mol. The highest BCUT2D eigenvalue weighted by atomic mass is 16.5. The van der Waals surface area contributed by atoms with Gasteiger partial charge < -0.3 is 14.8 Å². The van der Waals surface area contributed by atoms with Crippen molar-refractivity contribution in [3.63, 3.8) is 0 Å². The second kappa shape index (κ2) is 12.8. The maximum absolute atomic E-state index is 14.2. The number of nitrogens with zero attached hydrogens (tertiary/aromatic N) is 4. The van der Waals surface area contributed by atoms with Crippen molar-refractivity contribution in [3.8, 4) is 11.5 Å². The van der Waals surface area contributed by atoms with Gasteiger partial charge in [-0.3, -0.25) is 14.5 Å². The number of aromatic nitrogens is 3. The van der Waals surface area contributed by atoms with Gasteiger partial charge in [-0.25, -0.2) is 4.68 Å². The molecule has 4 aromatic carbocycles. The molecule has 1 aromatic heterocycles. The molecule has 0 spiro atoms. The van der Waals surface area contributed by atoms with Crippen LogP contribution in [0.2, 0.25) is 0 Å². The lowest BCUT2D eigenvalue weighted by atomic mass is 10.0. The molecule has 1 atom stereocenters. The molecule has 41 heavy (non-hydrogen) atoms. The van der Waals surface area contributed by atoms with Crippen molar-refractivity contribution < 1.29 is 19.1 Å². The molecular formula is C32H31N5O4. The number of carbonyl (C=O) groups is 2. The summed E-state index contributed by atoms with van der Waals surface area (Å²) in [4.78, 5) is 29.7. The maximum Gasteiger partial charge on any atom is 0.249 e. The number of para-hydroxylation sites is 1. The van der Waals surface area contributed by atoms with E-state index >= 15 is 0 Å². The van der Waals surface area contributed by atoms with Crippen LogP contribution in [0.1, 0.15) is 24.1 Å². The van der Waals surface area contributed by atoms with Crippen LogP contribution in [0.5, 0.6) is 11.5 Å². The standard InChI is InChI=1S/C32H31N5O4/c1-3-41-26-18-16-24(17-19-26)31(32(39)33-21-23-10-5-4-6-11-23)37(25-12-9-13-27(20-25)40-2)30(38)22-36-29-15-8-7-14-28(29)34-35-36/h4-20,31H,3,21-22H2,1-2H3,(H,33,39)/t31-/m1/s1. The van der Waals surface area contributed by atoms with Crippen LogP contribution < -0.4 is 19.7 Å². The summed E-state index contributed by atoms with van der Waals surface area (Å²) in [5, 5.41) is 11.4. The summed E-state index contributed by atoms with van der Waals surface area (Å²) in [6, 6.07) is 30.4. The summed E-state index contributed by atoms with van der Waals surface area (Å²) in [7, 11) is 1.56. The van der Waals surface area contributed by atoms with E-state index in [0.717, 1.165) is 11.1 Å². The van der Waals surface area contributed by atoms with E-state index in [-0.39, 0.29) is 18.4 Å². The summed E-state index contributed by atoms with van der Waals surface area (Å²) in [5.74, 6) is 0.551. The molecule has 0 fully saturated rings. The van der Waals surface area contributed by atoms with Gasteiger partial charge in [0.25, 0.3) is 0 Å². The fourth-order valence-corrected chi connectivity index (χ4v) is 4.65. The van der Waals surface area contributed by atoms with Crippen LogP contribution in [0.25, 0.3) is 11.0 Å². The lowest BCUT2D eigenvalue weighted by molar-refractivity contribution is -0.127. The second-order valence-corrected chi connectivity index (χ2v) is 9.31. The Morgan fingerprint density at radius 3 is 2.41 bits per heavy atom. The Hall–Kier alpha value is -5.18. The zero-order chi connectivity index (χ0) is 28.6. The van der Waals surface area contributed by atoms with E-state index in [1.807, 2.05) is 73.7 Å². The number of hydrogen-bond acceptors (Lipinski definition) is 6. The van der Waals surface area contributed by atoms with Crippen molar-refractivity contribution in [2.75, 3.05) is 18.6 Å². The largest absolute Gasteiger partial charge is 0.497 e. The topological polar surface area (TPSA) is 98.6 Å². The summed E-state index contributed by atoms with van der Waals surface area (Å²) in [6.07, 6.45) is 0. The van der Waals surface area contributed by atoms with Crippen LogP contribution in [0.15, 0.2) is 103 Å². The minimum atomic E-state index is -0.996. The van der Waals surface area contributed by atoms with E-state index in [1.165, 1.54) is 4.90 Å². The number of carbonyl (C=O) groups excluding carboxylic acids is 2. The summed E-state index contributed by atoms with van der Waals surface area (Å²) < 4.78 is 12.6. The van der Waals surface area contributed by atoms with Gasteiger partial charge in [0, 0.05) is 18.3 Å². The second-order valence-electron chi connectivity index (χ2n) is 9.31. The smallest absolute Gasteiger partial charge is 0.249 e. The molecule has 9 nitrogen and oxygen atoms in total. The van der Waals surface area contributed by atoms with Crippen molar-refractivity contribution in [2.24, 2.45) is 0 Å². The highest BCUT2D eigenvalue weighted by Crippen LogP contribution is 2.32. The van der Waals surface area contributed by atoms with E-state index in [9.17, 15) is 9.59 Å². The predicted molar refractivity (Wildman–Crippen MR) is 157 cm³/mol. The molecule has 0 unspecified atom stereocenters. The molecule has 0 aliphatic heterocycles. The van der Waals surface area contributed by atoms with Crippen molar-refractivity contribution in [2.45, 2.75) is 26.1 Å². The first-order chi connectivity index (χ1) is 20.1. The van der Waals surface area contributed by atoms with Crippen LogP contribution in [0.3, 0.4) is 0 Å². The Labute approximate surface area is 238 Å². The molecule has 0 radical (unpaired) electrons. The summed E-state index contributed by atoms with van der Waals surface area (Å²) in [5.41, 5.74) is 3.47. The van der Waals surface area contributed by atoms with Gasteiger partial charge in [0.05, 0.1) is 19.2 Å². The molecule has 5 aromatic rings. The number of rotatable bonds is 11. The van der Waals surface area contributed by atoms with Gasteiger partial charge in [-0.1, -0.05) is 65.9 Å². The maximum atomic E-state index is 14.2. The average molecular weight is 550 g/mol. The van der Waals surface area contributed by atoms with Gasteiger partial charge in [-0.15, -0.1) is 5.10 Å². The molecule has 0 saturated carbocycles. The molecule has 1 N–H and O–H groups in total. The molecule has 0 saturated heterocycles. The monoisotopic (exact) mass is 549 g/mol. The van der Waals surface area contributed by atoms with Gasteiger partial charge in [0.2, 0.25) is 11.8 Å². The number of methoxy groups -OCH3 is 1. The minimum Gasteiger partial charge on any atom is -0.497 e. The molecule has 1 heterocycles. The van der Waals surface area contributed by atoms with Gasteiger partial charge in [-0.05, 0) is 54.4 Å². The Morgan fingerprint density at radius 2 is 1.66 bits per heavy atom. The molecule has 0 aliphatic rings. The Kier molecular flexibility index (Phi) is 8.54. The zero-order valence-electron chi connectivity index (χ0n) is 22.9. The normalized spacial score (nSPS) is 11.6. The first-order valence-electron chi connectivity index (χ1n) is 13.4. The third kappa shape index (κ3) is 6.36. The molecule has 9 heteroatoms. The number of hydrogen-bond donors (Lipinski definition) is 1. The highest BCUT2D eigenvalue weighted by Gasteiger charge is 2.33. The summed E-state index contributed by atoms with van der Waals surface area (Å²) in [6.45, 7) is 2.60. The number of fused-ring (bicyclic) bond motifs is 1. The average Bonchev–Trinajstić information content (AvgIpc) is 3.42. The quantitative estimate of drug-likeness (QED) is 0.251. The van der Waals surface area contributed by atoms with Crippen LogP contribution in [-0.2, 0) is 22.7 Å². The van der Waals surface area contributed by atoms with Crippen LogP contribution in [-0.4, -0.2) is 40.5 Å². The minimum absolute atomic E-state index is 0.128. The van der Waals surface area contributed by atoms with Crippen molar-refractivity contribution in [3.05, 3.63) is 114 Å². The Bertz CT molecular complexity index is 1620. The number of anilines is 1. The molecule has 0 bridgehead atoms. The molecule has 5 rings (SSSR count). The van der Waals surface area contributed by atoms with Gasteiger partial charge in [-0.2, -0.15) is 0 Å². The summed E-state index contributed by atoms with van der Waals surface area (Å²) >= 11 is 0. The predicted octanol–water partition coefficient (Wildman–Crippen LogP) is 4.93. The highest BCUT2D eigenvalue weighted by molar-refractivity contribution is 6.01. The number of ether oxygens (including phenoxy) is 2. The number of nitrogens with one attached hydrogen (secondary N) is 1. The van der Waals surface area contributed by atoms with Crippen molar-refractivity contribution in [1.82, 2.24) is 20.3 Å². The van der Waals surface area contributed by atoms with E-state index in [4.69, 9.17) is 9.47 Å². The third-order valence-electron chi connectivity index (χ3n) is 6.63. The SMILES string of the molecule is CCOc1ccc([C@H](C(=O)NCc2ccccc2)N(C(=O)Cn2nnc3ccccc32)c2cccc(OC)c2)cc1. The van der Waals surface area contributed by atoms with E-state index < -0.39 is 6.04 Å². The van der Waals surface area contributed by atoms with Gasteiger partial charge >= 0.3 is 0 Å². The van der Waals surface area contributed by atoms with Gasteiger partial charge in [0.1, 0.15) is 29.6 Å². The molecule has 0 aliphatic carbocycles. The van der Waals surface area contributed by atoms with Crippen LogP contribution >= 0.6 is 0 Å². The van der Waals surface area contributed by atoms with Crippen LogP contribution in [0, 0.1) is 0 Å². The van der Waals surface area contributed by atoms with Crippen molar-refractivity contribution >= 4 is 28.5 Å². The fraction of sp³-hybridized carbons (Fsp3) is 0.188. The molecule has 208 valence electrons. The Morgan fingerprint density at radius 1 is 0.902 bits per heavy atom. The molecule has 2 amide bonds. The number of benzene rings is 4. The first-order valence-corrected chi connectivity index (χ1v) is 13.4. The van der Waals surface area contributed by atoms with Gasteiger partial charge in [0.15, 0.2) is 0 Å². The fourth-order valence-electron chi connectivity index (χ4n) is 4.65.